The Morgan fingerprint density at radius 1 is 1.32 bits per heavy atom. The van der Waals surface area contributed by atoms with Gasteiger partial charge in [-0.25, -0.2) is 9.37 Å². The number of fused-ring (bicyclic) bond motifs is 1. The molecule has 1 aliphatic rings. The predicted octanol–water partition coefficient (Wildman–Crippen LogP) is 3.35. The number of pyridine rings is 1. The molecule has 6 nitrogen and oxygen atoms in total. The van der Waals surface area contributed by atoms with Gasteiger partial charge >= 0.3 is 0 Å². The van der Waals surface area contributed by atoms with Crippen molar-refractivity contribution in [3.05, 3.63) is 41.3 Å². The van der Waals surface area contributed by atoms with E-state index >= 15 is 0 Å². The smallest absolute Gasteiger partial charge is 0.156 e. The number of phenols is 1. The van der Waals surface area contributed by atoms with Crippen molar-refractivity contribution in [1.82, 2.24) is 25.4 Å². The first-order valence-electron chi connectivity index (χ1n) is 9.56. The Morgan fingerprint density at radius 2 is 2.11 bits per heavy atom. The maximum Gasteiger partial charge on any atom is 0.156 e. The van der Waals surface area contributed by atoms with E-state index < -0.39 is 5.82 Å². The van der Waals surface area contributed by atoms with Crippen LogP contribution in [0.5, 0.6) is 5.75 Å². The number of halogens is 1. The number of nitrogens with one attached hydrogen (secondary N) is 2. The molecule has 1 unspecified atom stereocenters. The van der Waals surface area contributed by atoms with Crippen LogP contribution in [0.15, 0.2) is 24.3 Å². The van der Waals surface area contributed by atoms with E-state index in [0.717, 1.165) is 42.3 Å². The van der Waals surface area contributed by atoms with Gasteiger partial charge in [0.05, 0.1) is 11.4 Å². The van der Waals surface area contributed by atoms with Gasteiger partial charge in [0.15, 0.2) is 5.65 Å². The van der Waals surface area contributed by atoms with E-state index in [1.165, 1.54) is 6.07 Å². The number of aromatic hydroxyl groups is 1. The minimum atomic E-state index is -0.495. The number of aryl methyl sites for hydroxylation is 1. The zero-order valence-corrected chi connectivity index (χ0v) is 16.7. The number of H-pyrrole nitrogens is 1. The normalized spacial score (nSPS) is 20.0. The van der Waals surface area contributed by atoms with Gasteiger partial charge in [0.2, 0.25) is 0 Å². The number of benzene rings is 1. The van der Waals surface area contributed by atoms with Crippen LogP contribution in [0, 0.1) is 12.7 Å². The van der Waals surface area contributed by atoms with Crippen LogP contribution in [0.25, 0.3) is 22.3 Å². The van der Waals surface area contributed by atoms with E-state index in [1.54, 1.807) is 6.07 Å². The third-order valence-corrected chi connectivity index (χ3v) is 5.62. The van der Waals surface area contributed by atoms with Crippen LogP contribution in [0.2, 0.25) is 0 Å². The second kappa shape index (κ2) is 6.83. The predicted molar refractivity (Wildman–Crippen MR) is 108 cm³/mol. The largest absolute Gasteiger partial charge is 0.508 e. The van der Waals surface area contributed by atoms with E-state index in [-0.39, 0.29) is 11.3 Å². The quantitative estimate of drug-likeness (QED) is 0.647. The molecule has 0 aliphatic carbocycles. The number of rotatable bonds is 3. The lowest BCUT2D eigenvalue weighted by molar-refractivity contribution is 0.0630. The molecule has 4 rings (SSSR count). The van der Waals surface area contributed by atoms with Crippen molar-refractivity contribution < 1.29 is 9.50 Å². The van der Waals surface area contributed by atoms with Crippen molar-refractivity contribution in [3.8, 4) is 17.0 Å². The monoisotopic (exact) mass is 383 g/mol. The van der Waals surface area contributed by atoms with Gasteiger partial charge in [0.25, 0.3) is 0 Å². The minimum Gasteiger partial charge on any atom is -0.508 e. The third-order valence-electron chi connectivity index (χ3n) is 5.62. The lowest BCUT2D eigenvalue weighted by Crippen LogP contribution is -2.60. The highest BCUT2D eigenvalue weighted by Crippen LogP contribution is 2.31. The summed E-state index contributed by atoms with van der Waals surface area (Å²) in [4.78, 5) is 7.04. The van der Waals surface area contributed by atoms with E-state index in [0.29, 0.717) is 22.9 Å². The van der Waals surface area contributed by atoms with Gasteiger partial charge in [-0.05, 0) is 51.5 Å². The number of nitrogens with zero attached hydrogens (tertiary/aromatic N) is 3. The van der Waals surface area contributed by atoms with E-state index in [4.69, 9.17) is 0 Å². The van der Waals surface area contributed by atoms with Crippen molar-refractivity contribution in [1.29, 1.82) is 0 Å². The first kappa shape index (κ1) is 18.8. The fourth-order valence-electron chi connectivity index (χ4n) is 3.91. The molecule has 7 heteroatoms. The summed E-state index contributed by atoms with van der Waals surface area (Å²) in [6, 6.07) is 6.50. The summed E-state index contributed by atoms with van der Waals surface area (Å²) in [5.41, 5.74) is 3.50. The highest BCUT2D eigenvalue weighted by Gasteiger charge is 2.33. The Morgan fingerprint density at radius 3 is 2.86 bits per heavy atom. The minimum absolute atomic E-state index is 0.00366. The summed E-state index contributed by atoms with van der Waals surface area (Å²) < 4.78 is 14.5. The van der Waals surface area contributed by atoms with Gasteiger partial charge in [-0.1, -0.05) is 0 Å². The number of hydrogen-bond donors (Lipinski definition) is 3. The van der Waals surface area contributed by atoms with Crippen LogP contribution in [-0.2, 0) is 6.54 Å². The van der Waals surface area contributed by atoms with Crippen molar-refractivity contribution in [2.45, 2.75) is 45.8 Å². The molecule has 1 atom stereocenters. The van der Waals surface area contributed by atoms with Crippen molar-refractivity contribution >= 4 is 11.0 Å². The standard InChI is InChI=1S/C21H26FN5O/c1-12-9-27(21(3,4)11-23-12)10-14-7-18(16-6-5-15(28)8-17(16)22)24-20-19(14)13(2)25-26-20/h5-8,12,23,28H,9-11H2,1-4H3,(H,24,25,26). The second-order valence-corrected chi connectivity index (χ2v) is 8.34. The first-order chi connectivity index (χ1) is 13.2. The fraction of sp³-hybridized carbons (Fsp3) is 0.429. The molecule has 1 saturated heterocycles. The summed E-state index contributed by atoms with van der Waals surface area (Å²) in [5.74, 6) is -0.596. The molecule has 0 spiro atoms. The topological polar surface area (TPSA) is 77.1 Å². The van der Waals surface area contributed by atoms with Crippen LogP contribution < -0.4 is 5.32 Å². The molecule has 3 aromatic rings. The van der Waals surface area contributed by atoms with Gasteiger partial charge in [-0.15, -0.1) is 0 Å². The number of phenolic OH excluding ortho intramolecular Hbond substituents is 1. The molecule has 1 aromatic carbocycles. The summed E-state index contributed by atoms with van der Waals surface area (Å²) >= 11 is 0. The Labute approximate surface area is 163 Å². The molecule has 0 bridgehead atoms. The van der Waals surface area contributed by atoms with Gasteiger partial charge in [-0.3, -0.25) is 10.00 Å². The second-order valence-electron chi connectivity index (χ2n) is 8.34. The maximum absolute atomic E-state index is 14.5. The van der Waals surface area contributed by atoms with Crippen LogP contribution in [0.3, 0.4) is 0 Å². The summed E-state index contributed by atoms with van der Waals surface area (Å²) in [7, 11) is 0. The van der Waals surface area contributed by atoms with Crippen LogP contribution >= 0.6 is 0 Å². The molecule has 2 aromatic heterocycles. The number of aromatic amines is 1. The Balaban J connectivity index is 1.81. The molecule has 148 valence electrons. The van der Waals surface area contributed by atoms with Crippen LogP contribution in [0.1, 0.15) is 32.0 Å². The summed E-state index contributed by atoms with van der Waals surface area (Å²) in [6.07, 6.45) is 0. The highest BCUT2D eigenvalue weighted by atomic mass is 19.1. The molecule has 1 fully saturated rings. The zero-order chi connectivity index (χ0) is 20.1. The van der Waals surface area contributed by atoms with Crippen LogP contribution in [0.4, 0.5) is 4.39 Å². The molecular weight excluding hydrogens is 357 g/mol. The average Bonchev–Trinajstić information content (AvgIpc) is 3.00. The lowest BCUT2D eigenvalue weighted by atomic mass is 9.96. The van der Waals surface area contributed by atoms with Crippen molar-refractivity contribution in [2.24, 2.45) is 0 Å². The van der Waals surface area contributed by atoms with E-state index in [9.17, 15) is 9.50 Å². The molecule has 28 heavy (non-hydrogen) atoms. The molecule has 3 N–H and O–H groups in total. The summed E-state index contributed by atoms with van der Waals surface area (Å²) in [6.45, 7) is 11.2. The maximum atomic E-state index is 14.5. The number of hydrogen-bond acceptors (Lipinski definition) is 5. The van der Waals surface area contributed by atoms with Crippen molar-refractivity contribution in [3.63, 3.8) is 0 Å². The molecule has 0 saturated carbocycles. The van der Waals surface area contributed by atoms with E-state index in [1.807, 2.05) is 13.0 Å². The Hall–Kier alpha value is -2.51. The molecule has 0 radical (unpaired) electrons. The van der Waals surface area contributed by atoms with Crippen molar-refractivity contribution in [2.75, 3.05) is 13.1 Å². The highest BCUT2D eigenvalue weighted by molar-refractivity contribution is 5.84. The SMILES string of the molecule is Cc1n[nH]c2nc(-c3ccc(O)cc3F)cc(CN3CC(C)NCC3(C)C)c12. The molecular formula is C21H26FN5O. The first-order valence-corrected chi connectivity index (χ1v) is 9.56. The summed E-state index contributed by atoms with van der Waals surface area (Å²) in [5, 5.41) is 21.3. The molecule has 3 heterocycles. The molecule has 0 amide bonds. The van der Waals surface area contributed by atoms with Gasteiger partial charge in [-0.2, -0.15) is 5.10 Å². The number of piperazine rings is 1. The molecule has 1 aliphatic heterocycles. The zero-order valence-electron chi connectivity index (χ0n) is 16.7. The van der Waals surface area contributed by atoms with Gasteiger partial charge in [0.1, 0.15) is 11.6 Å². The fourth-order valence-corrected chi connectivity index (χ4v) is 3.91. The lowest BCUT2D eigenvalue weighted by Gasteiger charge is -2.45. The Bertz CT molecular complexity index is 1030. The van der Waals surface area contributed by atoms with E-state index in [2.05, 4.69) is 46.2 Å². The third kappa shape index (κ3) is 3.36. The van der Waals surface area contributed by atoms with Gasteiger partial charge < -0.3 is 10.4 Å². The van der Waals surface area contributed by atoms with Gasteiger partial charge in [0, 0.05) is 48.2 Å². The Kier molecular flexibility index (Phi) is 4.59. The van der Waals surface area contributed by atoms with Crippen LogP contribution in [-0.4, -0.2) is 49.9 Å². The average molecular weight is 383 g/mol. The number of aromatic nitrogens is 3.